The van der Waals surface area contributed by atoms with Gasteiger partial charge in [-0.05, 0) is 47.0 Å². The Bertz CT molecular complexity index is 426. The van der Waals surface area contributed by atoms with Crippen LogP contribution in [0.2, 0.25) is 0 Å². The highest BCUT2D eigenvalue weighted by atomic mass is 15.2. The first-order valence-corrected chi connectivity index (χ1v) is 7.55. The highest BCUT2D eigenvalue weighted by Crippen LogP contribution is 2.09. The summed E-state index contributed by atoms with van der Waals surface area (Å²) in [5, 5.41) is 6.64. The van der Waals surface area contributed by atoms with Crippen molar-refractivity contribution in [1.82, 2.24) is 20.5 Å². The van der Waals surface area contributed by atoms with Crippen molar-refractivity contribution in [3.63, 3.8) is 0 Å². The Morgan fingerprint density at radius 2 is 2.05 bits per heavy atom. The third kappa shape index (κ3) is 6.58. The van der Waals surface area contributed by atoms with Crippen LogP contribution >= 0.6 is 0 Å². The smallest absolute Gasteiger partial charge is 0.191 e. The summed E-state index contributed by atoms with van der Waals surface area (Å²) in [7, 11) is 4.16. The molecule has 118 valence electrons. The third-order valence-corrected chi connectivity index (χ3v) is 3.58. The summed E-state index contributed by atoms with van der Waals surface area (Å²) in [6, 6.07) is 5.99. The predicted molar refractivity (Wildman–Crippen MR) is 89.7 cm³/mol. The van der Waals surface area contributed by atoms with Gasteiger partial charge in [-0.2, -0.15) is 0 Å². The SMILES string of the molecule is CCNC(=NCC(C)(C)N(C)C)NCCc1ccccn1. The van der Waals surface area contributed by atoms with Crippen LogP contribution in [0.3, 0.4) is 0 Å². The first-order chi connectivity index (χ1) is 9.95. The number of guanidine groups is 1. The van der Waals surface area contributed by atoms with E-state index in [2.05, 4.69) is 60.4 Å². The summed E-state index contributed by atoms with van der Waals surface area (Å²) in [5.74, 6) is 0.864. The maximum atomic E-state index is 4.67. The van der Waals surface area contributed by atoms with Gasteiger partial charge in [-0.1, -0.05) is 6.07 Å². The zero-order valence-corrected chi connectivity index (χ0v) is 14.0. The molecule has 0 bridgehead atoms. The number of nitrogens with zero attached hydrogens (tertiary/aromatic N) is 3. The molecule has 2 N–H and O–H groups in total. The second kappa shape index (κ2) is 8.62. The second-order valence-electron chi connectivity index (χ2n) is 5.90. The third-order valence-electron chi connectivity index (χ3n) is 3.58. The fourth-order valence-electron chi connectivity index (χ4n) is 1.61. The van der Waals surface area contributed by atoms with Crippen LogP contribution in [0.4, 0.5) is 0 Å². The normalized spacial score (nSPS) is 12.6. The molecule has 0 amide bonds. The molecule has 0 radical (unpaired) electrons. The number of hydrogen-bond donors (Lipinski definition) is 2. The number of rotatable bonds is 7. The summed E-state index contributed by atoms with van der Waals surface area (Å²) >= 11 is 0. The topological polar surface area (TPSA) is 52.6 Å². The van der Waals surface area contributed by atoms with Gasteiger partial charge >= 0.3 is 0 Å². The Morgan fingerprint density at radius 1 is 1.29 bits per heavy atom. The van der Waals surface area contributed by atoms with Gasteiger partial charge in [0.2, 0.25) is 0 Å². The van der Waals surface area contributed by atoms with Crippen molar-refractivity contribution in [3.05, 3.63) is 30.1 Å². The number of aromatic nitrogens is 1. The van der Waals surface area contributed by atoms with E-state index in [9.17, 15) is 0 Å². The van der Waals surface area contributed by atoms with E-state index in [-0.39, 0.29) is 5.54 Å². The maximum Gasteiger partial charge on any atom is 0.191 e. The Hall–Kier alpha value is -1.62. The minimum atomic E-state index is 0.0450. The van der Waals surface area contributed by atoms with Gasteiger partial charge in [-0.3, -0.25) is 9.98 Å². The Labute approximate surface area is 128 Å². The molecule has 0 saturated heterocycles. The molecule has 0 aliphatic carbocycles. The van der Waals surface area contributed by atoms with E-state index >= 15 is 0 Å². The van der Waals surface area contributed by atoms with E-state index < -0.39 is 0 Å². The molecule has 0 aromatic carbocycles. The van der Waals surface area contributed by atoms with Gasteiger partial charge in [0, 0.05) is 36.9 Å². The lowest BCUT2D eigenvalue weighted by Crippen LogP contribution is -2.44. The molecule has 0 spiro atoms. The molecule has 0 fully saturated rings. The van der Waals surface area contributed by atoms with Crippen molar-refractivity contribution in [2.24, 2.45) is 4.99 Å². The van der Waals surface area contributed by atoms with Gasteiger partial charge < -0.3 is 15.5 Å². The minimum Gasteiger partial charge on any atom is -0.357 e. The molecule has 0 aliphatic rings. The number of hydrogen-bond acceptors (Lipinski definition) is 3. The van der Waals surface area contributed by atoms with Crippen molar-refractivity contribution in [3.8, 4) is 0 Å². The molecule has 1 rings (SSSR count). The van der Waals surface area contributed by atoms with Gasteiger partial charge in [-0.15, -0.1) is 0 Å². The van der Waals surface area contributed by atoms with Gasteiger partial charge in [0.05, 0.1) is 6.54 Å². The van der Waals surface area contributed by atoms with E-state index in [0.717, 1.165) is 37.7 Å². The molecular weight excluding hydrogens is 262 g/mol. The van der Waals surface area contributed by atoms with Crippen LogP contribution in [0, 0.1) is 0 Å². The maximum absolute atomic E-state index is 4.67. The molecule has 1 aromatic heterocycles. The molecule has 0 atom stereocenters. The summed E-state index contributed by atoms with van der Waals surface area (Å²) < 4.78 is 0. The molecule has 5 nitrogen and oxygen atoms in total. The van der Waals surface area contributed by atoms with Crippen LogP contribution < -0.4 is 10.6 Å². The van der Waals surface area contributed by atoms with Crippen molar-refractivity contribution in [1.29, 1.82) is 0 Å². The summed E-state index contributed by atoms with van der Waals surface area (Å²) in [4.78, 5) is 11.2. The van der Waals surface area contributed by atoms with E-state index in [1.165, 1.54) is 0 Å². The van der Waals surface area contributed by atoms with Gasteiger partial charge in [-0.25, -0.2) is 0 Å². The van der Waals surface area contributed by atoms with Gasteiger partial charge in [0.25, 0.3) is 0 Å². The van der Waals surface area contributed by atoms with Crippen LogP contribution in [0.5, 0.6) is 0 Å². The largest absolute Gasteiger partial charge is 0.357 e. The van der Waals surface area contributed by atoms with Crippen LogP contribution in [0.1, 0.15) is 26.5 Å². The molecule has 5 heteroatoms. The zero-order valence-electron chi connectivity index (χ0n) is 14.0. The lowest BCUT2D eigenvalue weighted by molar-refractivity contribution is 0.204. The fraction of sp³-hybridized carbons (Fsp3) is 0.625. The number of aliphatic imine (C=N–C) groups is 1. The average molecular weight is 291 g/mol. The standard InChI is InChI=1S/C16H29N5/c1-6-17-15(20-13-16(2,3)21(4)5)19-12-10-14-9-7-8-11-18-14/h7-9,11H,6,10,12-13H2,1-5H3,(H2,17,19,20). The highest BCUT2D eigenvalue weighted by Gasteiger charge is 2.19. The Balaban J connectivity index is 2.49. The summed E-state index contributed by atoms with van der Waals surface area (Å²) in [6.07, 6.45) is 2.72. The monoisotopic (exact) mass is 291 g/mol. The molecule has 0 saturated carbocycles. The van der Waals surface area contributed by atoms with Crippen LogP contribution in [0.15, 0.2) is 29.4 Å². The lowest BCUT2D eigenvalue weighted by atomic mass is 10.1. The predicted octanol–water partition coefficient (Wildman–Crippen LogP) is 1.52. The highest BCUT2D eigenvalue weighted by molar-refractivity contribution is 5.79. The average Bonchev–Trinajstić information content (AvgIpc) is 2.46. The van der Waals surface area contributed by atoms with Gasteiger partial charge in [0.15, 0.2) is 5.96 Å². The van der Waals surface area contributed by atoms with Crippen molar-refractivity contribution >= 4 is 5.96 Å². The first-order valence-electron chi connectivity index (χ1n) is 7.55. The summed E-state index contributed by atoms with van der Waals surface area (Å²) in [6.45, 7) is 8.89. The van der Waals surface area contributed by atoms with E-state index in [4.69, 9.17) is 0 Å². The van der Waals surface area contributed by atoms with Crippen molar-refractivity contribution in [2.45, 2.75) is 32.7 Å². The van der Waals surface area contributed by atoms with E-state index in [1.54, 1.807) is 0 Å². The first kappa shape index (κ1) is 17.4. The Morgan fingerprint density at radius 3 is 2.62 bits per heavy atom. The van der Waals surface area contributed by atoms with Crippen LogP contribution in [0.25, 0.3) is 0 Å². The fourth-order valence-corrected chi connectivity index (χ4v) is 1.61. The zero-order chi connectivity index (χ0) is 15.7. The molecule has 1 aromatic rings. The van der Waals surface area contributed by atoms with Crippen molar-refractivity contribution in [2.75, 3.05) is 33.7 Å². The van der Waals surface area contributed by atoms with E-state index in [1.807, 2.05) is 24.4 Å². The Kier molecular flexibility index (Phi) is 7.15. The quantitative estimate of drug-likeness (QED) is 0.591. The van der Waals surface area contributed by atoms with Gasteiger partial charge in [0.1, 0.15) is 0 Å². The van der Waals surface area contributed by atoms with Crippen LogP contribution in [-0.4, -0.2) is 55.1 Å². The molecule has 1 heterocycles. The summed E-state index contributed by atoms with van der Waals surface area (Å²) in [5.41, 5.74) is 1.14. The van der Waals surface area contributed by atoms with Crippen molar-refractivity contribution < 1.29 is 0 Å². The number of pyridine rings is 1. The molecular formula is C16H29N5. The minimum absolute atomic E-state index is 0.0450. The molecule has 21 heavy (non-hydrogen) atoms. The molecule has 0 unspecified atom stereocenters. The van der Waals surface area contributed by atoms with E-state index in [0.29, 0.717) is 0 Å². The molecule has 0 aliphatic heterocycles. The number of likely N-dealkylation sites (N-methyl/N-ethyl adjacent to an activating group) is 1. The van der Waals surface area contributed by atoms with Crippen LogP contribution in [-0.2, 0) is 6.42 Å². The second-order valence-corrected chi connectivity index (χ2v) is 5.90. The lowest BCUT2D eigenvalue weighted by Gasteiger charge is -2.31. The number of nitrogens with one attached hydrogen (secondary N) is 2.